The Labute approximate surface area is 127 Å². The van der Waals surface area contributed by atoms with Crippen LogP contribution in [0.2, 0.25) is 0 Å². The van der Waals surface area contributed by atoms with Gasteiger partial charge in [0, 0.05) is 24.9 Å². The van der Waals surface area contributed by atoms with Crippen molar-refractivity contribution in [2.24, 2.45) is 0 Å². The molecule has 2 aromatic heterocycles. The van der Waals surface area contributed by atoms with Crippen molar-refractivity contribution in [2.45, 2.75) is 50.1 Å². The highest BCUT2D eigenvalue weighted by molar-refractivity contribution is 5.80. The number of nitrogens with one attached hydrogen (secondary N) is 1. The first-order valence-corrected chi connectivity index (χ1v) is 8.06. The number of fused-ring (bicyclic) bond motifs is 1. The predicted molar refractivity (Wildman–Crippen MR) is 79.5 cm³/mol. The van der Waals surface area contributed by atoms with Gasteiger partial charge in [-0.3, -0.25) is 4.79 Å². The van der Waals surface area contributed by atoms with Crippen molar-refractivity contribution in [3.05, 3.63) is 18.0 Å². The number of amides is 1. The molecule has 1 N–H and O–H groups in total. The van der Waals surface area contributed by atoms with E-state index in [-0.39, 0.29) is 11.9 Å². The first-order chi connectivity index (χ1) is 10.8. The van der Waals surface area contributed by atoms with Crippen molar-refractivity contribution in [1.29, 1.82) is 0 Å². The molecule has 3 heterocycles. The molecule has 22 heavy (non-hydrogen) atoms. The maximum Gasteiger partial charge on any atom is 0.225 e. The Morgan fingerprint density at radius 3 is 2.77 bits per heavy atom. The molecule has 0 bridgehead atoms. The molecule has 1 aliphatic heterocycles. The van der Waals surface area contributed by atoms with E-state index in [9.17, 15) is 4.79 Å². The van der Waals surface area contributed by atoms with Crippen LogP contribution in [0.25, 0.3) is 5.65 Å². The van der Waals surface area contributed by atoms with Gasteiger partial charge in [0.05, 0.1) is 6.04 Å². The first-order valence-electron chi connectivity index (χ1n) is 8.06. The summed E-state index contributed by atoms with van der Waals surface area (Å²) in [5.74, 6) is 2.53. The topological polar surface area (TPSA) is 75.4 Å². The summed E-state index contributed by atoms with van der Waals surface area (Å²) in [6.07, 6.45) is 5.23. The summed E-state index contributed by atoms with van der Waals surface area (Å²) in [6.45, 7) is 0.793. The third-order valence-electron chi connectivity index (χ3n) is 4.73. The second-order valence-electron chi connectivity index (χ2n) is 6.64. The van der Waals surface area contributed by atoms with Gasteiger partial charge in [-0.2, -0.15) is 4.52 Å². The van der Waals surface area contributed by atoms with Gasteiger partial charge in [0.1, 0.15) is 5.82 Å². The third-order valence-corrected chi connectivity index (χ3v) is 4.73. The molecule has 3 aliphatic rings. The summed E-state index contributed by atoms with van der Waals surface area (Å²) in [7, 11) is 0. The van der Waals surface area contributed by atoms with E-state index >= 15 is 0 Å². The van der Waals surface area contributed by atoms with Crippen LogP contribution in [-0.2, 0) is 4.79 Å². The normalized spacial score (nSPS) is 25.2. The highest BCUT2D eigenvalue weighted by atomic mass is 16.2. The minimum Gasteiger partial charge on any atom is -0.364 e. The largest absolute Gasteiger partial charge is 0.364 e. The molecule has 7 heteroatoms. The Bertz CT molecular complexity index is 748. The van der Waals surface area contributed by atoms with Crippen LogP contribution in [0.4, 0.5) is 5.82 Å². The molecule has 2 aliphatic carbocycles. The lowest BCUT2D eigenvalue weighted by Gasteiger charge is -2.16. The van der Waals surface area contributed by atoms with Gasteiger partial charge in [0.2, 0.25) is 5.91 Å². The number of anilines is 1. The molecule has 5 rings (SSSR count). The standard InChI is InChI=1S/C15H18N6O/c22-14-7-10(8-20(14)11-3-4-11)16-12-5-6-13-17-18-15(9-1-2-9)21(13)19-12/h5-6,9-11H,1-4,7-8H2,(H,16,19). The van der Waals surface area contributed by atoms with Gasteiger partial charge < -0.3 is 10.2 Å². The maximum absolute atomic E-state index is 12.0. The predicted octanol–water partition coefficient (Wildman–Crippen LogP) is 1.18. The molecule has 1 unspecified atom stereocenters. The molecule has 2 aromatic rings. The fourth-order valence-electron chi connectivity index (χ4n) is 3.26. The van der Waals surface area contributed by atoms with E-state index in [1.807, 2.05) is 21.5 Å². The van der Waals surface area contributed by atoms with Gasteiger partial charge in [-0.25, -0.2) is 0 Å². The van der Waals surface area contributed by atoms with Crippen molar-refractivity contribution in [3.8, 4) is 0 Å². The summed E-state index contributed by atoms with van der Waals surface area (Å²) in [5, 5.41) is 16.4. The van der Waals surface area contributed by atoms with Crippen LogP contribution in [0.5, 0.6) is 0 Å². The molecule has 0 aromatic carbocycles. The lowest BCUT2D eigenvalue weighted by Crippen LogP contribution is -2.30. The minimum absolute atomic E-state index is 0.152. The van der Waals surface area contributed by atoms with Gasteiger partial charge in [-0.1, -0.05) is 0 Å². The van der Waals surface area contributed by atoms with Crippen molar-refractivity contribution in [1.82, 2.24) is 24.7 Å². The van der Waals surface area contributed by atoms with E-state index in [0.29, 0.717) is 18.4 Å². The molecular weight excluding hydrogens is 280 g/mol. The second-order valence-corrected chi connectivity index (χ2v) is 6.64. The van der Waals surface area contributed by atoms with Crippen LogP contribution in [0.3, 0.4) is 0 Å². The molecule has 3 fully saturated rings. The third kappa shape index (κ3) is 2.03. The Morgan fingerprint density at radius 1 is 1.14 bits per heavy atom. The number of nitrogens with zero attached hydrogens (tertiary/aromatic N) is 5. The number of hydrogen-bond acceptors (Lipinski definition) is 5. The molecule has 0 spiro atoms. The molecule has 7 nitrogen and oxygen atoms in total. The van der Waals surface area contributed by atoms with Gasteiger partial charge in [-0.15, -0.1) is 15.3 Å². The fourth-order valence-corrected chi connectivity index (χ4v) is 3.26. The Hall–Kier alpha value is -2.18. The van der Waals surface area contributed by atoms with Gasteiger partial charge >= 0.3 is 0 Å². The summed E-state index contributed by atoms with van der Waals surface area (Å²) in [6, 6.07) is 4.50. The zero-order valence-corrected chi connectivity index (χ0v) is 12.3. The average molecular weight is 298 g/mol. The smallest absolute Gasteiger partial charge is 0.225 e. The van der Waals surface area contributed by atoms with Crippen molar-refractivity contribution >= 4 is 17.4 Å². The number of likely N-dealkylation sites (tertiary alicyclic amines) is 1. The lowest BCUT2D eigenvalue weighted by molar-refractivity contribution is -0.128. The molecule has 2 saturated carbocycles. The number of carbonyl (C=O) groups excluding carboxylic acids is 1. The summed E-state index contributed by atoms with van der Waals surface area (Å²) < 4.78 is 1.84. The fraction of sp³-hybridized carbons (Fsp3) is 0.600. The number of rotatable bonds is 4. The van der Waals surface area contributed by atoms with E-state index in [0.717, 1.165) is 36.7 Å². The minimum atomic E-state index is 0.152. The molecule has 1 atom stereocenters. The zero-order valence-electron chi connectivity index (χ0n) is 12.3. The molecule has 0 radical (unpaired) electrons. The quantitative estimate of drug-likeness (QED) is 0.917. The monoisotopic (exact) mass is 298 g/mol. The van der Waals surface area contributed by atoms with E-state index in [4.69, 9.17) is 0 Å². The van der Waals surface area contributed by atoms with E-state index in [1.54, 1.807) is 0 Å². The zero-order chi connectivity index (χ0) is 14.7. The maximum atomic E-state index is 12.0. The SMILES string of the molecule is O=C1CC(Nc2ccc3nnc(C4CC4)n3n2)CN1C1CC1. The Kier molecular flexibility index (Phi) is 2.48. The van der Waals surface area contributed by atoms with Crippen LogP contribution >= 0.6 is 0 Å². The van der Waals surface area contributed by atoms with Gasteiger partial charge in [0.15, 0.2) is 11.5 Å². The highest BCUT2D eigenvalue weighted by Crippen LogP contribution is 2.38. The van der Waals surface area contributed by atoms with Crippen molar-refractivity contribution in [2.75, 3.05) is 11.9 Å². The Morgan fingerprint density at radius 2 is 2.00 bits per heavy atom. The van der Waals surface area contributed by atoms with Crippen molar-refractivity contribution < 1.29 is 4.79 Å². The van der Waals surface area contributed by atoms with E-state index < -0.39 is 0 Å². The number of hydrogen-bond donors (Lipinski definition) is 1. The molecular formula is C15H18N6O. The van der Waals surface area contributed by atoms with Gasteiger partial charge in [-0.05, 0) is 37.8 Å². The first kappa shape index (κ1) is 12.4. The van der Waals surface area contributed by atoms with Gasteiger partial charge in [0.25, 0.3) is 0 Å². The molecule has 1 saturated heterocycles. The van der Waals surface area contributed by atoms with Crippen LogP contribution in [0, 0.1) is 0 Å². The number of carbonyl (C=O) groups is 1. The number of aromatic nitrogens is 4. The Balaban J connectivity index is 1.37. The van der Waals surface area contributed by atoms with Crippen LogP contribution in [0.1, 0.15) is 43.8 Å². The van der Waals surface area contributed by atoms with Crippen LogP contribution in [-0.4, -0.2) is 49.2 Å². The van der Waals surface area contributed by atoms with Crippen molar-refractivity contribution in [3.63, 3.8) is 0 Å². The molecule has 114 valence electrons. The van der Waals surface area contributed by atoms with Crippen LogP contribution in [0.15, 0.2) is 12.1 Å². The van der Waals surface area contributed by atoms with E-state index in [2.05, 4.69) is 20.6 Å². The van der Waals surface area contributed by atoms with Crippen LogP contribution < -0.4 is 5.32 Å². The molecule has 1 amide bonds. The summed E-state index contributed by atoms with van der Waals surface area (Å²) >= 11 is 0. The summed E-state index contributed by atoms with van der Waals surface area (Å²) in [4.78, 5) is 14.0. The average Bonchev–Trinajstić information content (AvgIpc) is 3.43. The highest BCUT2D eigenvalue weighted by Gasteiger charge is 2.39. The second kappa shape index (κ2) is 4.41. The summed E-state index contributed by atoms with van der Waals surface area (Å²) in [5.41, 5.74) is 0.787. The lowest BCUT2D eigenvalue weighted by atomic mass is 10.2. The van der Waals surface area contributed by atoms with E-state index in [1.165, 1.54) is 12.8 Å².